The molecule has 0 aliphatic carbocycles. The second-order valence-corrected chi connectivity index (χ2v) is 7.49. The lowest BCUT2D eigenvalue weighted by Gasteiger charge is -2.47. The van der Waals surface area contributed by atoms with E-state index >= 15 is 0 Å². The van der Waals surface area contributed by atoms with Gasteiger partial charge < -0.3 is 15.0 Å². The highest BCUT2D eigenvalue weighted by Gasteiger charge is 2.48. The van der Waals surface area contributed by atoms with Gasteiger partial charge in [0.25, 0.3) is 0 Å². The highest BCUT2D eigenvalue weighted by molar-refractivity contribution is 5.85. The summed E-state index contributed by atoms with van der Waals surface area (Å²) in [7, 11) is 1.66. The average molecular weight is 341 g/mol. The zero-order valence-electron chi connectivity index (χ0n) is 15.2. The van der Waals surface area contributed by atoms with Crippen LogP contribution in [0.25, 0.3) is 0 Å². The maximum absolute atomic E-state index is 13.3. The van der Waals surface area contributed by atoms with Crippen LogP contribution in [0.15, 0.2) is 24.3 Å². The van der Waals surface area contributed by atoms with Crippen LogP contribution in [0.2, 0.25) is 0 Å². The molecule has 1 aromatic rings. The minimum Gasteiger partial charge on any atom is -0.497 e. The fraction of sp³-hybridized carbons (Fsp3) is 0.600. The standard InChI is InChI=1S/C20H27N3O2/c1-3-19(12-21)8-5-9-23(15-19)18(24)20(13-22-14-20)11-16-6-4-7-17(10-16)25-2/h4,6-7,10,22H,3,5,8-9,11,13-15H2,1-2H3. The number of nitrogens with zero attached hydrogens (tertiary/aromatic N) is 2. The van der Waals surface area contributed by atoms with E-state index in [1.165, 1.54) is 0 Å². The third kappa shape index (κ3) is 3.36. The Kier molecular flexibility index (Phi) is 5.01. The number of nitrogens with one attached hydrogen (secondary N) is 1. The van der Waals surface area contributed by atoms with Gasteiger partial charge in [-0.15, -0.1) is 0 Å². The number of rotatable bonds is 5. The zero-order valence-corrected chi connectivity index (χ0v) is 15.2. The minimum absolute atomic E-state index is 0.196. The fourth-order valence-electron chi connectivity index (χ4n) is 4.05. The Morgan fingerprint density at radius 2 is 2.24 bits per heavy atom. The van der Waals surface area contributed by atoms with E-state index in [4.69, 9.17) is 4.74 Å². The molecule has 0 radical (unpaired) electrons. The lowest BCUT2D eigenvalue weighted by Crippen LogP contribution is -2.64. The summed E-state index contributed by atoms with van der Waals surface area (Å²) < 4.78 is 5.31. The Hall–Kier alpha value is -2.06. The molecule has 1 unspecified atom stereocenters. The van der Waals surface area contributed by atoms with Gasteiger partial charge in [0.2, 0.25) is 5.91 Å². The number of amides is 1. The second-order valence-electron chi connectivity index (χ2n) is 7.49. The number of hydrogen-bond donors (Lipinski definition) is 1. The molecule has 2 heterocycles. The number of likely N-dealkylation sites (tertiary alicyclic amines) is 1. The Morgan fingerprint density at radius 3 is 2.84 bits per heavy atom. The molecule has 1 aromatic carbocycles. The Bertz CT molecular complexity index is 678. The molecule has 3 rings (SSSR count). The third-order valence-corrected chi connectivity index (χ3v) is 5.84. The molecule has 1 atom stereocenters. The fourth-order valence-corrected chi connectivity index (χ4v) is 4.05. The van der Waals surface area contributed by atoms with Gasteiger partial charge in [0, 0.05) is 26.2 Å². The average Bonchev–Trinajstić information content (AvgIpc) is 2.64. The molecule has 5 nitrogen and oxygen atoms in total. The summed E-state index contributed by atoms with van der Waals surface area (Å²) in [4.78, 5) is 15.3. The summed E-state index contributed by atoms with van der Waals surface area (Å²) in [5, 5.41) is 12.9. The largest absolute Gasteiger partial charge is 0.497 e. The quantitative estimate of drug-likeness (QED) is 0.893. The molecule has 1 N–H and O–H groups in total. The first-order valence-corrected chi connectivity index (χ1v) is 9.11. The van der Waals surface area contributed by atoms with Crippen molar-refractivity contribution in [3.63, 3.8) is 0 Å². The van der Waals surface area contributed by atoms with Crippen LogP contribution in [0, 0.1) is 22.2 Å². The molecular formula is C20H27N3O2. The first kappa shape index (κ1) is 17.8. The lowest BCUT2D eigenvalue weighted by atomic mass is 9.73. The first-order chi connectivity index (χ1) is 12.1. The van der Waals surface area contributed by atoms with E-state index in [1.54, 1.807) is 7.11 Å². The lowest BCUT2D eigenvalue weighted by molar-refractivity contribution is -0.148. The summed E-state index contributed by atoms with van der Waals surface area (Å²) in [5.74, 6) is 1.02. The van der Waals surface area contributed by atoms with Crippen molar-refractivity contribution in [1.29, 1.82) is 5.26 Å². The van der Waals surface area contributed by atoms with Gasteiger partial charge in [0.1, 0.15) is 5.75 Å². The molecule has 2 fully saturated rings. The molecule has 0 aromatic heterocycles. The van der Waals surface area contributed by atoms with Crippen molar-refractivity contribution < 1.29 is 9.53 Å². The first-order valence-electron chi connectivity index (χ1n) is 9.11. The van der Waals surface area contributed by atoms with Crippen molar-refractivity contribution in [2.75, 3.05) is 33.3 Å². The van der Waals surface area contributed by atoms with E-state index in [9.17, 15) is 10.1 Å². The number of ether oxygens (including phenoxy) is 1. The smallest absolute Gasteiger partial charge is 0.231 e. The van der Waals surface area contributed by atoms with Crippen LogP contribution in [0.1, 0.15) is 31.7 Å². The van der Waals surface area contributed by atoms with Crippen LogP contribution in [-0.2, 0) is 11.2 Å². The van der Waals surface area contributed by atoms with Crippen molar-refractivity contribution in [1.82, 2.24) is 10.2 Å². The van der Waals surface area contributed by atoms with Crippen LogP contribution in [0.3, 0.4) is 0 Å². The van der Waals surface area contributed by atoms with E-state index in [-0.39, 0.29) is 11.3 Å². The number of carbonyl (C=O) groups is 1. The van der Waals surface area contributed by atoms with Crippen molar-refractivity contribution in [2.24, 2.45) is 10.8 Å². The van der Waals surface area contributed by atoms with Crippen LogP contribution in [-0.4, -0.2) is 44.1 Å². The Labute approximate surface area is 150 Å². The topological polar surface area (TPSA) is 65.4 Å². The van der Waals surface area contributed by atoms with E-state index in [1.807, 2.05) is 30.0 Å². The maximum Gasteiger partial charge on any atom is 0.231 e. The molecule has 0 spiro atoms. The van der Waals surface area contributed by atoms with Gasteiger partial charge in [0.15, 0.2) is 0 Å². The molecule has 1 amide bonds. The molecule has 134 valence electrons. The molecule has 2 saturated heterocycles. The van der Waals surface area contributed by atoms with Gasteiger partial charge >= 0.3 is 0 Å². The normalized spacial score (nSPS) is 24.9. The maximum atomic E-state index is 13.3. The van der Waals surface area contributed by atoms with Gasteiger partial charge in [-0.25, -0.2) is 0 Å². The number of nitriles is 1. The van der Waals surface area contributed by atoms with Crippen LogP contribution in [0.5, 0.6) is 5.75 Å². The van der Waals surface area contributed by atoms with E-state index in [0.717, 1.165) is 37.1 Å². The monoisotopic (exact) mass is 341 g/mol. The zero-order chi connectivity index (χ0) is 17.9. The summed E-state index contributed by atoms with van der Waals surface area (Å²) in [6.45, 7) is 4.78. The Balaban J connectivity index is 1.77. The summed E-state index contributed by atoms with van der Waals surface area (Å²) in [5.41, 5.74) is 0.356. The van der Waals surface area contributed by atoms with E-state index < -0.39 is 5.41 Å². The molecule has 2 aliphatic heterocycles. The third-order valence-electron chi connectivity index (χ3n) is 5.84. The molecule has 0 bridgehead atoms. The van der Waals surface area contributed by atoms with Crippen molar-refractivity contribution in [3.05, 3.63) is 29.8 Å². The van der Waals surface area contributed by atoms with Gasteiger partial charge in [-0.05, 0) is 43.4 Å². The van der Waals surface area contributed by atoms with Crippen molar-refractivity contribution in [2.45, 2.75) is 32.6 Å². The SMILES string of the molecule is CCC1(C#N)CCCN(C(=O)C2(Cc3cccc(OC)c3)CNC2)C1. The Morgan fingerprint density at radius 1 is 1.44 bits per heavy atom. The molecule has 0 saturated carbocycles. The highest BCUT2D eigenvalue weighted by atomic mass is 16.5. The predicted octanol–water partition coefficient (Wildman–Crippen LogP) is 2.37. The summed E-state index contributed by atoms with van der Waals surface area (Å²) >= 11 is 0. The number of carbonyl (C=O) groups excluding carboxylic acids is 1. The van der Waals surface area contributed by atoms with Crippen LogP contribution >= 0.6 is 0 Å². The van der Waals surface area contributed by atoms with E-state index in [2.05, 4.69) is 17.5 Å². The van der Waals surface area contributed by atoms with E-state index in [0.29, 0.717) is 26.1 Å². The van der Waals surface area contributed by atoms with Crippen LogP contribution in [0.4, 0.5) is 0 Å². The number of benzene rings is 1. The second kappa shape index (κ2) is 7.05. The number of methoxy groups -OCH3 is 1. The minimum atomic E-state index is -0.390. The molecule has 2 aliphatic rings. The van der Waals surface area contributed by atoms with Gasteiger partial charge in [0.05, 0.1) is 24.0 Å². The van der Waals surface area contributed by atoms with Gasteiger partial charge in [-0.2, -0.15) is 5.26 Å². The summed E-state index contributed by atoms with van der Waals surface area (Å²) in [6.07, 6.45) is 3.31. The number of hydrogen-bond acceptors (Lipinski definition) is 4. The molecule has 5 heteroatoms. The molecule has 25 heavy (non-hydrogen) atoms. The highest BCUT2D eigenvalue weighted by Crippen LogP contribution is 2.37. The predicted molar refractivity (Wildman–Crippen MR) is 96.2 cm³/mol. The molecular weight excluding hydrogens is 314 g/mol. The number of piperidine rings is 1. The van der Waals surface area contributed by atoms with Gasteiger partial charge in [-0.1, -0.05) is 19.1 Å². The van der Waals surface area contributed by atoms with Crippen molar-refractivity contribution in [3.8, 4) is 11.8 Å². The van der Waals surface area contributed by atoms with Gasteiger partial charge in [-0.3, -0.25) is 4.79 Å². The van der Waals surface area contributed by atoms with Crippen LogP contribution < -0.4 is 10.1 Å². The van der Waals surface area contributed by atoms with Crippen molar-refractivity contribution >= 4 is 5.91 Å². The summed E-state index contributed by atoms with van der Waals surface area (Å²) in [6, 6.07) is 10.4.